The number of methoxy groups -OCH3 is 1. The van der Waals surface area contributed by atoms with Gasteiger partial charge < -0.3 is 13.9 Å². The molecule has 0 spiro atoms. The van der Waals surface area contributed by atoms with Crippen LogP contribution >= 0.6 is 0 Å². The molecule has 134 valence electrons. The van der Waals surface area contributed by atoms with E-state index in [0.29, 0.717) is 17.9 Å². The lowest BCUT2D eigenvalue weighted by atomic mass is 10.0. The molecule has 3 aromatic carbocycles. The van der Waals surface area contributed by atoms with Crippen molar-refractivity contribution in [2.45, 2.75) is 6.61 Å². The van der Waals surface area contributed by atoms with Crippen LogP contribution in [0.3, 0.4) is 0 Å². The molecular weight excluding hydrogens is 340 g/mol. The molecule has 0 aliphatic carbocycles. The lowest BCUT2D eigenvalue weighted by Gasteiger charge is -2.10. The van der Waals surface area contributed by atoms with Crippen LogP contribution < -0.4 is 15.1 Å². The Kier molecular flexibility index (Phi) is 4.62. The Balaban J connectivity index is 1.65. The van der Waals surface area contributed by atoms with Crippen LogP contribution in [0.15, 0.2) is 88.1 Å². The van der Waals surface area contributed by atoms with Crippen molar-refractivity contribution < 1.29 is 13.9 Å². The third-order valence-electron chi connectivity index (χ3n) is 4.34. The van der Waals surface area contributed by atoms with Gasteiger partial charge in [0.05, 0.1) is 7.11 Å². The largest absolute Gasteiger partial charge is 0.497 e. The van der Waals surface area contributed by atoms with Crippen molar-refractivity contribution in [2.75, 3.05) is 7.11 Å². The summed E-state index contributed by atoms with van der Waals surface area (Å²) >= 11 is 0. The topological polar surface area (TPSA) is 48.7 Å². The Morgan fingerprint density at radius 2 is 1.70 bits per heavy atom. The highest BCUT2D eigenvalue weighted by molar-refractivity contribution is 5.93. The van der Waals surface area contributed by atoms with E-state index in [1.54, 1.807) is 13.2 Å². The number of hydrogen-bond donors (Lipinski definition) is 0. The summed E-state index contributed by atoms with van der Waals surface area (Å²) in [5, 5.41) is 0.870. The summed E-state index contributed by atoms with van der Waals surface area (Å²) in [7, 11) is 1.63. The van der Waals surface area contributed by atoms with Gasteiger partial charge in [-0.15, -0.1) is 0 Å². The highest BCUT2D eigenvalue weighted by Crippen LogP contribution is 2.29. The quantitative estimate of drug-likeness (QED) is 0.469. The molecule has 1 aromatic heterocycles. The second-order valence-corrected chi connectivity index (χ2v) is 6.14. The third-order valence-corrected chi connectivity index (χ3v) is 4.34. The zero-order valence-electron chi connectivity index (χ0n) is 14.8. The van der Waals surface area contributed by atoms with Gasteiger partial charge >= 0.3 is 5.63 Å². The number of benzene rings is 3. The minimum absolute atomic E-state index is 0.383. The van der Waals surface area contributed by atoms with Gasteiger partial charge in [-0.1, -0.05) is 42.5 Å². The zero-order valence-corrected chi connectivity index (χ0v) is 14.8. The van der Waals surface area contributed by atoms with Crippen molar-refractivity contribution in [1.82, 2.24) is 0 Å². The summed E-state index contributed by atoms with van der Waals surface area (Å²) in [5.41, 5.74) is 2.94. The maximum Gasteiger partial charge on any atom is 0.336 e. The van der Waals surface area contributed by atoms with E-state index in [2.05, 4.69) is 0 Å². The van der Waals surface area contributed by atoms with Gasteiger partial charge in [0.25, 0.3) is 0 Å². The summed E-state index contributed by atoms with van der Waals surface area (Å²) < 4.78 is 16.5. The van der Waals surface area contributed by atoms with E-state index in [9.17, 15) is 4.79 Å². The van der Waals surface area contributed by atoms with Gasteiger partial charge in [-0.05, 0) is 41.0 Å². The molecule has 4 nitrogen and oxygen atoms in total. The van der Waals surface area contributed by atoms with Gasteiger partial charge in [0.15, 0.2) is 0 Å². The normalized spacial score (nSPS) is 10.7. The smallest absolute Gasteiger partial charge is 0.336 e. The zero-order chi connectivity index (χ0) is 18.6. The first-order valence-electron chi connectivity index (χ1n) is 8.62. The van der Waals surface area contributed by atoms with E-state index in [1.807, 2.05) is 66.7 Å². The van der Waals surface area contributed by atoms with Crippen molar-refractivity contribution >= 4 is 11.0 Å². The molecule has 0 N–H and O–H groups in total. The van der Waals surface area contributed by atoms with Crippen LogP contribution in [0.4, 0.5) is 0 Å². The molecule has 0 aliphatic heterocycles. The summed E-state index contributed by atoms with van der Waals surface area (Å²) in [6.07, 6.45) is 0. The van der Waals surface area contributed by atoms with Crippen LogP contribution in [0.5, 0.6) is 11.5 Å². The van der Waals surface area contributed by atoms with Gasteiger partial charge in [0.2, 0.25) is 0 Å². The maximum absolute atomic E-state index is 12.0. The van der Waals surface area contributed by atoms with Gasteiger partial charge in [0.1, 0.15) is 23.7 Å². The molecule has 0 amide bonds. The fourth-order valence-electron chi connectivity index (χ4n) is 3.02. The maximum atomic E-state index is 12.0. The van der Waals surface area contributed by atoms with Crippen molar-refractivity contribution in [3.05, 3.63) is 94.8 Å². The van der Waals surface area contributed by atoms with Crippen LogP contribution in [-0.4, -0.2) is 7.11 Å². The Labute approximate surface area is 156 Å². The monoisotopic (exact) mass is 358 g/mol. The SMILES string of the molecule is COc1cccc(COc2ccc3c(-c4ccccc4)cc(=O)oc3c2)c1. The molecule has 4 rings (SSSR count). The lowest BCUT2D eigenvalue weighted by Crippen LogP contribution is -1.99. The standard InChI is InChI=1S/C23H18O4/c1-25-18-9-5-6-16(12-18)15-26-19-10-11-20-21(17-7-3-2-4-8-17)14-23(24)27-22(20)13-19/h2-14H,15H2,1H3. The first-order chi connectivity index (χ1) is 13.2. The van der Waals surface area contributed by atoms with E-state index in [4.69, 9.17) is 13.9 Å². The van der Waals surface area contributed by atoms with E-state index >= 15 is 0 Å². The van der Waals surface area contributed by atoms with Crippen molar-refractivity contribution in [3.63, 3.8) is 0 Å². The second kappa shape index (κ2) is 7.38. The fraction of sp³-hybridized carbons (Fsp3) is 0.0870. The predicted molar refractivity (Wildman–Crippen MR) is 105 cm³/mol. The molecule has 0 saturated carbocycles. The number of rotatable bonds is 5. The average molecular weight is 358 g/mol. The molecule has 0 bridgehead atoms. The first kappa shape index (κ1) is 16.9. The number of hydrogen-bond acceptors (Lipinski definition) is 4. The molecule has 4 aromatic rings. The molecular formula is C23H18O4. The molecule has 0 fully saturated rings. The Bertz CT molecular complexity index is 1130. The van der Waals surface area contributed by atoms with Crippen LogP contribution in [-0.2, 0) is 6.61 Å². The van der Waals surface area contributed by atoms with Crippen LogP contribution in [0.2, 0.25) is 0 Å². The van der Waals surface area contributed by atoms with Crippen LogP contribution in [0.25, 0.3) is 22.1 Å². The number of fused-ring (bicyclic) bond motifs is 1. The molecule has 0 atom stereocenters. The predicted octanol–water partition coefficient (Wildman–Crippen LogP) is 5.05. The minimum Gasteiger partial charge on any atom is -0.497 e. The van der Waals surface area contributed by atoms with Gasteiger partial charge in [-0.3, -0.25) is 0 Å². The van der Waals surface area contributed by atoms with Gasteiger partial charge in [-0.25, -0.2) is 4.79 Å². The summed E-state index contributed by atoms with van der Waals surface area (Å²) in [6.45, 7) is 0.394. The van der Waals surface area contributed by atoms with E-state index in [1.165, 1.54) is 6.07 Å². The van der Waals surface area contributed by atoms with E-state index in [-0.39, 0.29) is 5.63 Å². The highest BCUT2D eigenvalue weighted by Gasteiger charge is 2.09. The minimum atomic E-state index is -0.383. The lowest BCUT2D eigenvalue weighted by molar-refractivity contribution is 0.305. The Hall–Kier alpha value is -3.53. The van der Waals surface area contributed by atoms with Gasteiger partial charge in [-0.2, -0.15) is 0 Å². The van der Waals surface area contributed by atoms with Gasteiger partial charge in [0, 0.05) is 17.5 Å². The molecule has 0 unspecified atom stereocenters. The third kappa shape index (κ3) is 3.70. The van der Waals surface area contributed by atoms with E-state index in [0.717, 1.165) is 27.8 Å². The van der Waals surface area contributed by atoms with Crippen LogP contribution in [0.1, 0.15) is 5.56 Å². The molecule has 1 heterocycles. The van der Waals surface area contributed by atoms with Crippen molar-refractivity contribution in [1.29, 1.82) is 0 Å². The molecule has 27 heavy (non-hydrogen) atoms. The van der Waals surface area contributed by atoms with Crippen molar-refractivity contribution in [3.8, 4) is 22.6 Å². The highest BCUT2D eigenvalue weighted by atomic mass is 16.5. The second-order valence-electron chi connectivity index (χ2n) is 6.14. The van der Waals surface area contributed by atoms with E-state index < -0.39 is 0 Å². The first-order valence-corrected chi connectivity index (χ1v) is 8.62. The molecule has 4 heteroatoms. The van der Waals surface area contributed by atoms with Crippen LogP contribution in [0, 0.1) is 0 Å². The summed E-state index contributed by atoms with van der Waals surface area (Å²) in [5.74, 6) is 1.42. The molecule has 0 radical (unpaired) electrons. The Morgan fingerprint density at radius 3 is 2.52 bits per heavy atom. The Morgan fingerprint density at radius 1 is 0.852 bits per heavy atom. The molecule has 0 aliphatic rings. The summed E-state index contributed by atoms with van der Waals surface area (Å²) in [6, 6.07) is 24.6. The average Bonchev–Trinajstić information content (AvgIpc) is 2.72. The fourth-order valence-corrected chi connectivity index (χ4v) is 3.02. The molecule has 0 saturated heterocycles. The number of ether oxygens (including phenoxy) is 2. The summed E-state index contributed by atoms with van der Waals surface area (Å²) in [4.78, 5) is 12.0. The van der Waals surface area contributed by atoms with Crippen molar-refractivity contribution in [2.24, 2.45) is 0 Å².